The number of likely N-dealkylation sites (tertiary alicyclic amines) is 1. The fourth-order valence-electron chi connectivity index (χ4n) is 3.17. The van der Waals surface area contributed by atoms with Gasteiger partial charge in [-0.25, -0.2) is 0 Å². The van der Waals surface area contributed by atoms with E-state index in [1.165, 1.54) is 0 Å². The summed E-state index contributed by atoms with van der Waals surface area (Å²) in [5.41, 5.74) is 0.579. The highest BCUT2D eigenvalue weighted by atomic mass is 32.1. The number of nitrogens with zero attached hydrogens (tertiary/aromatic N) is 2. The van der Waals surface area contributed by atoms with Crippen molar-refractivity contribution in [3.05, 3.63) is 29.3 Å². The monoisotopic (exact) mass is 331 g/mol. The van der Waals surface area contributed by atoms with Gasteiger partial charge in [-0.1, -0.05) is 0 Å². The van der Waals surface area contributed by atoms with Gasteiger partial charge in [-0.05, 0) is 57.1 Å². The van der Waals surface area contributed by atoms with Crippen LogP contribution in [0.4, 0.5) is 0 Å². The summed E-state index contributed by atoms with van der Waals surface area (Å²) in [4.78, 5) is 2.12. The Hall–Kier alpha value is -1.84. The largest absolute Gasteiger partial charge is 0.485 e. The van der Waals surface area contributed by atoms with E-state index >= 15 is 0 Å². The van der Waals surface area contributed by atoms with Crippen LogP contribution in [0.5, 0.6) is 5.75 Å². The molecule has 2 aliphatic rings. The molecule has 23 heavy (non-hydrogen) atoms. The van der Waals surface area contributed by atoms with Crippen molar-refractivity contribution < 1.29 is 9.84 Å². The highest BCUT2D eigenvalue weighted by Crippen LogP contribution is 2.40. The average Bonchev–Trinajstić information content (AvgIpc) is 3.05. The Morgan fingerprint density at radius 2 is 2.13 bits per heavy atom. The van der Waals surface area contributed by atoms with Crippen molar-refractivity contribution in [1.82, 2.24) is 10.2 Å². The third-order valence-corrected chi connectivity index (χ3v) is 4.92. The van der Waals surface area contributed by atoms with Gasteiger partial charge in [0, 0.05) is 18.7 Å². The van der Waals surface area contributed by atoms with E-state index in [4.69, 9.17) is 22.2 Å². The Morgan fingerprint density at radius 3 is 2.78 bits per heavy atom. The Kier molecular flexibility index (Phi) is 4.17. The van der Waals surface area contributed by atoms with Crippen molar-refractivity contribution in [2.45, 2.75) is 44.4 Å². The first-order valence-corrected chi connectivity index (χ1v) is 8.30. The van der Waals surface area contributed by atoms with Gasteiger partial charge in [0.2, 0.25) is 0 Å². The number of hydrogen-bond acceptors (Lipinski definition) is 4. The highest BCUT2D eigenvalue weighted by molar-refractivity contribution is 7.80. The molecular weight excluding hydrogens is 310 g/mol. The first-order chi connectivity index (χ1) is 10.9. The van der Waals surface area contributed by atoms with Gasteiger partial charge in [-0.2, -0.15) is 5.26 Å². The van der Waals surface area contributed by atoms with E-state index in [2.05, 4.69) is 16.3 Å². The van der Waals surface area contributed by atoms with Crippen LogP contribution in [0, 0.1) is 11.3 Å². The van der Waals surface area contributed by atoms with E-state index in [0.717, 1.165) is 31.5 Å². The third kappa shape index (κ3) is 2.99. The zero-order valence-corrected chi connectivity index (χ0v) is 14.2. The summed E-state index contributed by atoms with van der Waals surface area (Å²) >= 11 is 5.51. The molecule has 0 radical (unpaired) electrons. The standard InChI is InChI=1S/C17H21N3O2S/c1-17(2)15(21)14(19-16(23)20-7-3-4-8-20)12-9-11(10-18)5-6-13(12)22-17/h5-6,9,14-15,21H,3-4,7-8H2,1-2H3,(H,19,23). The first-order valence-electron chi connectivity index (χ1n) is 7.89. The van der Waals surface area contributed by atoms with E-state index < -0.39 is 17.7 Å². The zero-order valence-electron chi connectivity index (χ0n) is 13.4. The van der Waals surface area contributed by atoms with Crippen LogP contribution >= 0.6 is 12.2 Å². The van der Waals surface area contributed by atoms with Crippen molar-refractivity contribution in [3.63, 3.8) is 0 Å². The molecule has 2 unspecified atom stereocenters. The van der Waals surface area contributed by atoms with Gasteiger partial charge >= 0.3 is 0 Å². The van der Waals surface area contributed by atoms with Crippen LogP contribution < -0.4 is 10.1 Å². The van der Waals surface area contributed by atoms with Crippen LogP contribution in [0.15, 0.2) is 18.2 Å². The van der Waals surface area contributed by atoms with Gasteiger partial charge in [-0.15, -0.1) is 0 Å². The van der Waals surface area contributed by atoms with Crippen molar-refractivity contribution in [2.75, 3.05) is 13.1 Å². The van der Waals surface area contributed by atoms with Crippen LogP contribution in [0.25, 0.3) is 0 Å². The van der Waals surface area contributed by atoms with E-state index in [9.17, 15) is 5.11 Å². The number of nitriles is 1. The number of rotatable bonds is 1. The lowest BCUT2D eigenvalue weighted by Gasteiger charge is -2.43. The average molecular weight is 331 g/mol. The summed E-state index contributed by atoms with van der Waals surface area (Å²) in [6, 6.07) is 7.01. The number of aliphatic hydroxyl groups excluding tert-OH is 1. The number of thiocarbonyl (C=S) groups is 1. The Balaban J connectivity index is 1.93. The van der Waals surface area contributed by atoms with Gasteiger partial charge in [-0.3, -0.25) is 0 Å². The Morgan fingerprint density at radius 1 is 1.43 bits per heavy atom. The molecule has 3 rings (SSSR count). The van der Waals surface area contributed by atoms with Crippen molar-refractivity contribution in [2.24, 2.45) is 0 Å². The SMILES string of the molecule is CC1(C)Oc2ccc(C#N)cc2C(NC(=S)N2CCCC2)C1O. The minimum atomic E-state index is -0.774. The molecule has 1 aromatic carbocycles. The lowest BCUT2D eigenvalue weighted by atomic mass is 9.86. The predicted molar refractivity (Wildman–Crippen MR) is 91.2 cm³/mol. The number of hydrogen-bond donors (Lipinski definition) is 2. The maximum Gasteiger partial charge on any atom is 0.169 e. The quantitative estimate of drug-likeness (QED) is 0.768. The molecule has 1 saturated heterocycles. The van der Waals surface area contributed by atoms with E-state index in [0.29, 0.717) is 16.4 Å². The molecule has 0 aliphatic carbocycles. The number of ether oxygens (including phenoxy) is 1. The summed E-state index contributed by atoms with van der Waals surface area (Å²) < 4.78 is 5.91. The van der Waals surface area contributed by atoms with Crippen molar-refractivity contribution in [1.29, 1.82) is 5.26 Å². The molecule has 6 heteroatoms. The summed E-state index contributed by atoms with van der Waals surface area (Å²) in [5.74, 6) is 0.682. The number of aliphatic hydroxyl groups is 1. The molecular formula is C17H21N3O2S. The number of fused-ring (bicyclic) bond motifs is 1. The highest BCUT2D eigenvalue weighted by Gasteiger charge is 2.43. The molecule has 0 spiro atoms. The van der Waals surface area contributed by atoms with E-state index in [-0.39, 0.29) is 0 Å². The van der Waals surface area contributed by atoms with Gasteiger partial charge in [0.25, 0.3) is 0 Å². The Bertz CT molecular complexity index is 662. The maximum absolute atomic E-state index is 10.8. The second kappa shape index (κ2) is 5.99. The minimum absolute atomic E-state index is 0.393. The zero-order chi connectivity index (χ0) is 16.6. The summed E-state index contributed by atoms with van der Waals surface area (Å²) in [6.45, 7) is 5.60. The fraction of sp³-hybridized carbons (Fsp3) is 0.529. The first kappa shape index (κ1) is 16.0. The molecule has 2 aliphatic heterocycles. The minimum Gasteiger partial charge on any atom is -0.485 e. The number of benzene rings is 1. The molecule has 1 fully saturated rings. The van der Waals surface area contributed by atoms with Gasteiger partial charge < -0.3 is 20.1 Å². The molecule has 122 valence electrons. The third-order valence-electron chi connectivity index (χ3n) is 4.55. The fourth-order valence-corrected chi connectivity index (χ4v) is 3.48. The molecule has 0 saturated carbocycles. The molecule has 2 heterocycles. The van der Waals surface area contributed by atoms with E-state index in [1.54, 1.807) is 18.2 Å². The van der Waals surface area contributed by atoms with E-state index in [1.807, 2.05) is 13.8 Å². The molecule has 1 aromatic rings. The van der Waals surface area contributed by atoms with Crippen LogP contribution in [0.1, 0.15) is 43.9 Å². The molecule has 2 N–H and O–H groups in total. The second-order valence-corrected chi connectivity index (χ2v) is 7.02. The normalized spacial score (nSPS) is 25.2. The number of nitrogens with one attached hydrogen (secondary N) is 1. The van der Waals surface area contributed by atoms with Crippen LogP contribution in [-0.4, -0.2) is 39.9 Å². The summed E-state index contributed by atoms with van der Waals surface area (Å²) in [7, 11) is 0. The lowest BCUT2D eigenvalue weighted by Crippen LogP contribution is -2.55. The van der Waals surface area contributed by atoms with Gasteiger partial charge in [0.1, 0.15) is 17.5 Å². The molecule has 0 bridgehead atoms. The summed E-state index contributed by atoms with van der Waals surface area (Å²) in [5, 5.41) is 23.8. The topological polar surface area (TPSA) is 68.5 Å². The van der Waals surface area contributed by atoms with Crippen molar-refractivity contribution in [3.8, 4) is 11.8 Å². The van der Waals surface area contributed by atoms with Gasteiger partial charge in [0.15, 0.2) is 5.11 Å². The smallest absolute Gasteiger partial charge is 0.169 e. The molecule has 0 aromatic heterocycles. The maximum atomic E-state index is 10.8. The van der Waals surface area contributed by atoms with Gasteiger partial charge in [0.05, 0.1) is 17.7 Å². The van der Waals surface area contributed by atoms with Crippen LogP contribution in [0.2, 0.25) is 0 Å². The van der Waals surface area contributed by atoms with Crippen LogP contribution in [-0.2, 0) is 0 Å². The Labute approximate surface area is 141 Å². The van der Waals surface area contributed by atoms with Crippen LogP contribution in [0.3, 0.4) is 0 Å². The molecule has 2 atom stereocenters. The summed E-state index contributed by atoms with van der Waals surface area (Å²) in [6.07, 6.45) is 1.50. The van der Waals surface area contributed by atoms with Crippen molar-refractivity contribution >= 4 is 17.3 Å². The molecule has 5 nitrogen and oxygen atoms in total. The molecule has 0 amide bonds. The lowest BCUT2D eigenvalue weighted by molar-refractivity contribution is -0.0613. The second-order valence-electron chi connectivity index (χ2n) is 6.64. The predicted octanol–water partition coefficient (Wildman–Crippen LogP) is 2.10.